The molecule has 142 valence electrons. The second-order valence-electron chi connectivity index (χ2n) is 6.79. The van der Waals surface area contributed by atoms with E-state index in [1.165, 1.54) is 12.1 Å². The largest absolute Gasteiger partial charge is 0.341 e. The number of fused-ring (bicyclic) bond motifs is 1. The van der Waals surface area contributed by atoms with Crippen LogP contribution >= 0.6 is 23.4 Å². The molecule has 2 aromatic rings. The standard InChI is InChI=1S/C19H18ClFN2O2S2/c20-15-5-1-13(2-6-15)9-23-18-12-27(24,25)11-17(18)22-19(23)26-10-14-3-7-16(21)8-4-14/h1-8,17-18H,9-12H2. The average Bonchev–Trinajstić information content (AvgIpc) is 3.09. The Morgan fingerprint density at radius 1 is 1.07 bits per heavy atom. The number of hydrogen-bond acceptors (Lipinski definition) is 5. The molecule has 0 N–H and O–H groups in total. The zero-order valence-electron chi connectivity index (χ0n) is 14.4. The molecule has 0 saturated carbocycles. The molecular formula is C19H18ClFN2O2S2. The quantitative estimate of drug-likeness (QED) is 0.750. The van der Waals surface area contributed by atoms with Crippen LogP contribution in [0.1, 0.15) is 11.1 Å². The van der Waals surface area contributed by atoms with Crippen molar-refractivity contribution in [3.8, 4) is 0 Å². The summed E-state index contributed by atoms with van der Waals surface area (Å²) in [6.07, 6.45) is 0. The van der Waals surface area contributed by atoms with E-state index in [0.29, 0.717) is 17.3 Å². The smallest absolute Gasteiger partial charge is 0.160 e. The van der Waals surface area contributed by atoms with Crippen LogP contribution in [0.15, 0.2) is 53.5 Å². The highest BCUT2D eigenvalue weighted by molar-refractivity contribution is 8.13. The van der Waals surface area contributed by atoms with E-state index in [2.05, 4.69) is 4.90 Å². The highest BCUT2D eigenvalue weighted by atomic mass is 35.5. The molecule has 0 amide bonds. The molecule has 8 heteroatoms. The number of benzene rings is 2. The Balaban J connectivity index is 1.53. The van der Waals surface area contributed by atoms with Crippen molar-refractivity contribution < 1.29 is 12.8 Å². The van der Waals surface area contributed by atoms with Gasteiger partial charge in [-0.2, -0.15) is 0 Å². The van der Waals surface area contributed by atoms with Gasteiger partial charge in [-0.15, -0.1) is 0 Å². The van der Waals surface area contributed by atoms with Crippen LogP contribution in [0.3, 0.4) is 0 Å². The Morgan fingerprint density at radius 2 is 1.74 bits per heavy atom. The minimum Gasteiger partial charge on any atom is -0.341 e. The number of aliphatic imine (C=N–C) groups is 1. The Hall–Kier alpha value is -1.57. The molecule has 2 aromatic carbocycles. The summed E-state index contributed by atoms with van der Waals surface area (Å²) in [6, 6.07) is 13.6. The topological polar surface area (TPSA) is 49.7 Å². The molecule has 1 fully saturated rings. The summed E-state index contributed by atoms with van der Waals surface area (Å²) in [6.45, 7) is 0.586. The van der Waals surface area contributed by atoms with Crippen molar-refractivity contribution in [1.82, 2.24) is 4.90 Å². The lowest BCUT2D eigenvalue weighted by atomic mass is 10.1. The molecule has 27 heavy (non-hydrogen) atoms. The molecule has 0 spiro atoms. The molecule has 4 nitrogen and oxygen atoms in total. The van der Waals surface area contributed by atoms with E-state index in [-0.39, 0.29) is 29.4 Å². The van der Waals surface area contributed by atoms with Crippen molar-refractivity contribution in [1.29, 1.82) is 0 Å². The first-order valence-electron chi connectivity index (χ1n) is 8.56. The van der Waals surface area contributed by atoms with Crippen LogP contribution in [0, 0.1) is 5.82 Å². The van der Waals surface area contributed by atoms with Gasteiger partial charge in [-0.05, 0) is 35.4 Å². The summed E-state index contributed by atoms with van der Waals surface area (Å²) in [5.41, 5.74) is 2.06. The van der Waals surface area contributed by atoms with Gasteiger partial charge in [-0.3, -0.25) is 4.99 Å². The summed E-state index contributed by atoms with van der Waals surface area (Å²) in [5, 5.41) is 1.51. The van der Waals surface area contributed by atoms with E-state index in [1.54, 1.807) is 23.9 Å². The van der Waals surface area contributed by atoms with Crippen molar-refractivity contribution in [2.45, 2.75) is 24.4 Å². The van der Waals surface area contributed by atoms with Crippen molar-refractivity contribution in [2.75, 3.05) is 11.5 Å². The average molecular weight is 425 g/mol. The number of sulfone groups is 1. The lowest BCUT2D eigenvalue weighted by Gasteiger charge is -2.26. The Bertz CT molecular complexity index is 962. The molecule has 2 aliphatic rings. The first-order chi connectivity index (χ1) is 12.9. The third kappa shape index (κ3) is 4.31. The van der Waals surface area contributed by atoms with Crippen LogP contribution in [0.2, 0.25) is 5.02 Å². The number of halogens is 2. The van der Waals surface area contributed by atoms with Gasteiger partial charge in [0, 0.05) is 17.3 Å². The zero-order chi connectivity index (χ0) is 19.0. The number of hydrogen-bond donors (Lipinski definition) is 0. The summed E-state index contributed by atoms with van der Waals surface area (Å²) in [5.74, 6) is 0.638. The molecule has 2 heterocycles. The molecule has 1 saturated heterocycles. The Labute approximate surface area is 167 Å². The summed E-state index contributed by atoms with van der Waals surface area (Å²) < 4.78 is 37.2. The molecule has 0 aromatic heterocycles. The van der Waals surface area contributed by atoms with Crippen LogP contribution in [0.4, 0.5) is 4.39 Å². The number of rotatable bonds is 4. The van der Waals surface area contributed by atoms with Crippen molar-refractivity contribution in [2.24, 2.45) is 4.99 Å². The van der Waals surface area contributed by atoms with Gasteiger partial charge in [0.05, 0.1) is 23.6 Å². The summed E-state index contributed by atoms with van der Waals surface area (Å²) in [4.78, 5) is 6.79. The minimum absolute atomic E-state index is 0.107. The van der Waals surface area contributed by atoms with Gasteiger partial charge >= 0.3 is 0 Å². The minimum atomic E-state index is -3.05. The molecule has 2 aliphatic heterocycles. The maximum atomic E-state index is 13.1. The first kappa shape index (κ1) is 18.8. The van der Waals surface area contributed by atoms with Crippen LogP contribution in [-0.4, -0.2) is 42.1 Å². The maximum absolute atomic E-state index is 13.1. The Kier molecular flexibility index (Phi) is 5.18. The molecular weight excluding hydrogens is 407 g/mol. The van der Waals surface area contributed by atoms with Gasteiger partial charge in [0.25, 0.3) is 0 Å². The van der Waals surface area contributed by atoms with E-state index in [0.717, 1.165) is 16.3 Å². The third-order valence-electron chi connectivity index (χ3n) is 4.76. The van der Waals surface area contributed by atoms with Gasteiger partial charge < -0.3 is 4.90 Å². The fraction of sp³-hybridized carbons (Fsp3) is 0.316. The van der Waals surface area contributed by atoms with E-state index < -0.39 is 9.84 Å². The summed E-state index contributed by atoms with van der Waals surface area (Å²) in [7, 11) is -3.05. The summed E-state index contributed by atoms with van der Waals surface area (Å²) >= 11 is 7.53. The van der Waals surface area contributed by atoms with E-state index in [9.17, 15) is 12.8 Å². The van der Waals surface area contributed by atoms with Gasteiger partial charge in [0.1, 0.15) is 5.82 Å². The third-order valence-corrected chi connectivity index (χ3v) is 7.79. The number of amidine groups is 1. The van der Waals surface area contributed by atoms with Crippen molar-refractivity contribution >= 4 is 38.4 Å². The first-order valence-corrected chi connectivity index (χ1v) is 11.7. The van der Waals surface area contributed by atoms with Crippen LogP contribution < -0.4 is 0 Å². The predicted octanol–water partition coefficient (Wildman–Crippen LogP) is 3.75. The van der Waals surface area contributed by atoms with Crippen LogP contribution in [-0.2, 0) is 22.1 Å². The number of thioether (sulfide) groups is 1. The normalized spacial score (nSPS) is 23.3. The monoisotopic (exact) mass is 424 g/mol. The second-order valence-corrected chi connectivity index (χ2v) is 10.3. The molecule has 0 radical (unpaired) electrons. The maximum Gasteiger partial charge on any atom is 0.160 e. The molecule has 4 rings (SSSR count). The fourth-order valence-electron chi connectivity index (χ4n) is 3.41. The van der Waals surface area contributed by atoms with E-state index in [4.69, 9.17) is 16.6 Å². The number of nitrogens with zero attached hydrogens (tertiary/aromatic N) is 2. The van der Waals surface area contributed by atoms with E-state index >= 15 is 0 Å². The van der Waals surface area contributed by atoms with Crippen molar-refractivity contribution in [3.05, 3.63) is 70.5 Å². The van der Waals surface area contributed by atoms with Crippen LogP contribution in [0.5, 0.6) is 0 Å². The SMILES string of the molecule is O=S1(=O)CC2N=C(SCc3ccc(F)cc3)N(Cc3ccc(Cl)cc3)C2C1. The lowest BCUT2D eigenvalue weighted by molar-refractivity contribution is 0.343. The van der Waals surface area contributed by atoms with Crippen molar-refractivity contribution in [3.63, 3.8) is 0 Å². The molecule has 0 aliphatic carbocycles. The molecule has 2 atom stereocenters. The van der Waals surface area contributed by atoms with Gasteiger partial charge in [-0.1, -0.05) is 47.6 Å². The van der Waals surface area contributed by atoms with Gasteiger partial charge in [-0.25, -0.2) is 12.8 Å². The fourth-order valence-corrected chi connectivity index (χ4v) is 6.47. The van der Waals surface area contributed by atoms with Gasteiger partial charge in [0.15, 0.2) is 15.0 Å². The van der Waals surface area contributed by atoms with Crippen LogP contribution in [0.25, 0.3) is 0 Å². The van der Waals surface area contributed by atoms with Gasteiger partial charge in [0.2, 0.25) is 0 Å². The zero-order valence-corrected chi connectivity index (χ0v) is 16.8. The molecule has 2 unspecified atom stereocenters. The Morgan fingerprint density at radius 3 is 2.44 bits per heavy atom. The van der Waals surface area contributed by atoms with E-state index in [1.807, 2.05) is 24.3 Å². The lowest BCUT2D eigenvalue weighted by Crippen LogP contribution is -2.38. The molecule has 0 bridgehead atoms. The second kappa shape index (κ2) is 7.45. The highest BCUT2D eigenvalue weighted by Crippen LogP contribution is 2.33. The predicted molar refractivity (Wildman–Crippen MR) is 108 cm³/mol. The highest BCUT2D eigenvalue weighted by Gasteiger charge is 2.46.